The maximum Gasteiger partial charge on any atom is 0.165 e. The highest BCUT2D eigenvalue weighted by atomic mass is 15.1. The van der Waals surface area contributed by atoms with Gasteiger partial charge in [0, 0.05) is 22.1 Å². The molecule has 34 heavy (non-hydrogen) atoms. The molecule has 0 atom stereocenters. The van der Waals surface area contributed by atoms with Crippen LogP contribution >= 0.6 is 0 Å². The summed E-state index contributed by atoms with van der Waals surface area (Å²) in [4.78, 5) is 14.8. The van der Waals surface area contributed by atoms with Crippen LogP contribution in [0, 0.1) is 0 Å². The largest absolute Gasteiger partial charge is 0.340 e. The Morgan fingerprint density at radius 1 is 0.471 bits per heavy atom. The van der Waals surface area contributed by atoms with Gasteiger partial charge in [-0.2, -0.15) is 0 Å². The number of hydrogen-bond acceptors (Lipinski definition) is 5. The zero-order valence-electron chi connectivity index (χ0n) is 18.3. The molecule has 0 saturated carbocycles. The van der Waals surface area contributed by atoms with Crippen molar-refractivity contribution in [2.45, 2.75) is 0 Å². The fourth-order valence-corrected chi connectivity index (χ4v) is 3.99. The molecule has 0 spiro atoms. The Morgan fingerprint density at radius 2 is 1.06 bits per heavy atom. The zero-order valence-corrected chi connectivity index (χ0v) is 18.3. The van der Waals surface area contributed by atoms with E-state index >= 15 is 0 Å². The van der Waals surface area contributed by atoms with Gasteiger partial charge in [0.2, 0.25) is 0 Å². The fourth-order valence-electron chi connectivity index (χ4n) is 3.99. The molecule has 0 bridgehead atoms. The summed E-state index contributed by atoms with van der Waals surface area (Å²) < 4.78 is 0. The van der Waals surface area contributed by atoms with E-state index in [2.05, 4.69) is 22.8 Å². The number of nitrogens with one attached hydrogen (secondary N) is 2. The Labute approximate surface area is 197 Å². The molecular formula is C29H21N5. The van der Waals surface area contributed by atoms with Crippen LogP contribution in [-0.4, -0.2) is 15.0 Å². The van der Waals surface area contributed by atoms with Gasteiger partial charge in [0.1, 0.15) is 11.6 Å². The van der Waals surface area contributed by atoms with E-state index in [9.17, 15) is 0 Å². The predicted molar refractivity (Wildman–Crippen MR) is 140 cm³/mol. The molecular weight excluding hydrogens is 418 g/mol. The van der Waals surface area contributed by atoms with Gasteiger partial charge in [0.25, 0.3) is 0 Å². The molecule has 0 aliphatic heterocycles. The van der Waals surface area contributed by atoms with Crippen LogP contribution in [0.5, 0.6) is 0 Å². The second-order valence-corrected chi connectivity index (χ2v) is 7.97. The van der Waals surface area contributed by atoms with Gasteiger partial charge >= 0.3 is 0 Å². The summed E-state index contributed by atoms with van der Waals surface area (Å²) in [6, 6.07) is 38.3. The first kappa shape index (κ1) is 19.9. The number of nitrogens with zero attached hydrogens (tertiary/aromatic N) is 3. The highest BCUT2D eigenvalue weighted by molar-refractivity contribution is 5.95. The smallest absolute Gasteiger partial charge is 0.165 e. The first-order chi connectivity index (χ1) is 16.8. The summed E-state index contributed by atoms with van der Waals surface area (Å²) in [5, 5.41) is 8.93. The molecule has 2 heterocycles. The minimum Gasteiger partial charge on any atom is -0.340 e. The number of anilines is 4. The molecule has 0 fully saturated rings. The molecule has 0 aliphatic rings. The van der Waals surface area contributed by atoms with Crippen LogP contribution in [0.4, 0.5) is 23.0 Å². The Kier molecular flexibility index (Phi) is 5.05. The number of fused-ring (bicyclic) bond motifs is 2. The van der Waals surface area contributed by atoms with Crippen LogP contribution < -0.4 is 10.6 Å². The third kappa shape index (κ3) is 3.91. The summed E-state index contributed by atoms with van der Waals surface area (Å²) in [5.74, 6) is 2.07. The summed E-state index contributed by atoms with van der Waals surface area (Å²) in [6.45, 7) is 0. The lowest BCUT2D eigenvalue weighted by molar-refractivity contribution is 1.21. The van der Waals surface area contributed by atoms with Gasteiger partial charge in [-0.3, -0.25) is 0 Å². The standard InChI is InChI=1S/C29H21N5/c1-3-12-21(13-4-1)30-27-23-16-8-10-18-26(23)33-29(34-27)24-19-20-11-7-9-17-25(20)32-28(24)31-22-14-5-2-6-15-22/h1-19H,(H,31,32)(H,30,33,34). The molecule has 0 aliphatic carbocycles. The van der Waals surface area contributed by atoms with Gasteiger partial charge in [-0.05, 0) is 48.5 Å². The number of benzene rings is 4. The molecule has 0 saturated heterocycles. The minimum absolute atomic E-state index is 0.605. The predicted octanol–water partition coefficient (Wildman–Crippen LogP) is 7.33. The molecule has 2 N–H and O–H groups in total. The lowest BCUT2D eigenvalue weighted by atomic mass is 10.1. The van der Waals surface area contributed by atoms with Crippen molar-refractivity contribution < 1.29 is 0 Å². The Morgan fingerprint density at radius 3 is 1.79 bits per heavy atom. The Hall–Kier alpha value is -4.77. The van der Waals surface area contributed by atoms with E-state index < -0.39 is 0 Å². The minimum atomic E-state index is 0.605. The van der Waals surface area contributed by atoms with Crippen LogP contribution in [0.2, 0.25) is 0 Å². The number of hydrogen-bond donors (Lipinski definition) is 2. The Bertz CT molecular complexity index is 1600. The summed E-state index contributed by atoms with van der Waals surface area (Å²) in [5.41, 5.74) is 4.54. The average molecular weight is 440 g/mol. The molecule has 6 rings (SSSR count). The number of rotatable bonds is 5. The van der Waals surface area contributed by atoms with Crippen LogP contribution in [0.15, 0.2) is 115 Å². The molecule has 0 radical (unpaired) electrons. The van der Waals surface area contributed by atoms with Crippen LogP contribution in [0.3, 0.4) is 0 Å². The molecule has 0 amide bonds. The van der Waals surface area contributed by atoms with E-state index in [0.29, 0.717) is 11.6 Å². The lowest BCUT2D eigenvalue weighted by Crippen LogP contribution is -2.02. The van der Waals surface area contributed by atoms with Gasteiger partial charge in [-0.25, -0.2) is 15.0 Å². The maximum atomic E-state index is 4.97. The SMILES string of the molecule is c1ccc(Nc2nc3ccccc3cc2-c2nc(Nc3ccccc3)c3ccccc3n2)cc1. The molecule has 5 heteroatoms. The van der Waals surface area contributed by atoms with E-state index in [-0.39, 0.29) is 0 Å². The van der Waals surface area contributed by atoms with Crippen molar-refractivity contribution in [3.05, 3.63) is 115 Å². The van der Waals surface area contributed by atoms with Crippen molar-refractivity contribution in [2.24, 2.45) is 0 Å². The van der Waals surface area contributed by atoms with E-state index in [1.165, 1.54) is 0 Å². The van der Waals surface area contributed by atoms with Crippen molar-refractivity contribution in [1.29, 1.82) is 0 Å². The Balaban J connectivity index is 1.55. The van der Waals surface area contributed by atoms with Crippen molar-refractivity contribution in [2.75, 3.05) is 10.6 Å². The molecule has 2 aromatic heterocycles. The highest BCUT2D eigenvalue weighted by Gasteiger charge is 2.15. The normalized spacial score (nSPS) is 10.9. The van der Waals surface area contributed by atoms with E-state index in [1.54, 1.807) is 0 Å². The van der Waals surface area contributed by atoms with E-state index in [0.717, 1.165) is 44.6 Å². The topological polar surface area (TPSA) is 62.7 Å². The van der Waals surface area contributed by atoms with Gasteiger partial charge in [0.15, 0.2) is 5.82 Å². The highest BCUT2D eigenvalue weighted by Crippen LogP contribution is 2.33. The van der Waals surface area contributed by atoms with Gasteiger partial charge in [-0.15, -0.1) is 0 Å². The maximum absolute atomic E-state index is 4.97. The van der Waals surface area contributed by atoms with E-state index in [4.69, 9.17) is 15.0 Å². The van der Waals surface area contributed by atoms with Gasteiger partial charge in [0.05, 0.1) is 16.6 Å². The third-order valence-corrected chi connectivity index (χ3v) is 5.64. The van der Waals surface area contributed by atoms with Gasteiger partial charge in [-0.1, -0.05) is 66.7 Å². The number of para-hydroxylation sites is 4. The van der Waals surface area contributed by atoms with Crippen molar-refractivity contribution in [1.82, 2.24) is 15.0 Å². The van der Waals surface area contributed by atoms with Crippen LogP contribution in [0.1, 0.15) is 0 Å². The van der Waals surface area contributed by atoms with Gasteiger partial charge < -0.3 is 10.6 Å². The van der Waals surface area contributed by atoms with Crippen LogP contribution in [-0.2, 0) is 0 Å². The molecule has 4 aromatic carbocycles. The number of aromatic nitrogens is 3. The first-order valence-corrected chi connectivity index (χ1v) is 11.1. The van der Waals surface area contributed by atoms with Crippen molar-refractivity contribution in [3.8, 4) is 11.4 Å². The average Bonchev–Trinajstić information content (AvgIpc) is 2.89. The molecule has 0 unspecified atom stereocenters. The zero-order chi connectivity index (χ0) is 22.7. The number of pyridine rings is 1. The monoisotopic (exact) mass is 439 g/mol. The molecule has 5 nitrogen and oxygen atoms in total. The van der Waals surface area contributed by atoms with Crippen molar-refractivity contribution in [3.63, 3.8) is 0 Å². The second-order valence-electron chi connectivity index (χ2n) is 7.97. The lowest BCUT2D eigenvalue weighted by Gasteiger charge is -2.15. The van der Waals surface area contributed by atoms with Crippen molar-refractivity contribution >= 4 is 44.8 Å². The third-order valence-electron chi connectivity index (χ3n) is 5.64. The molecule has 6 aromatic rings. The fraction of sp³-hybridized carbons (Fsp3) is 0. The summed E-state index contributed by atoms with van der Waals surface area (Å²) in [6.07, 6.45) is 0. The summed E-state index contributed by atoms with van der Waals surface area (Å²) in [7, 11) is 0. The van der Waals surface area contributed by atoms with E-state index in [1.807, 2.05) is 103 Å². The van der Waals surface area contributed by atoms with Crippen LogP contribution in [0.25, 0.3) is 33.2 Å². The quantitative estimate of drug-likeness (QED) is 0.294. The summed E-state index contributed by atoms with van der Waals surface area (Å²) >= 11 is 0. The second kappa shape index (κ2) is 8.64. The first-order valence-electron chi connectivity index (χ1n) is 11.1. The molecule has 162 valence electrons.